The second kappa shape index (κ2) is 7.45. The maximum Gasteiger partial charge on any atom is 0.275 e. The molecule has 0 unspecified atom stereocenters. The molecule has 0 radical (unpaired) electrons. The van der Waals surface area contributed by atoms with Gasteiger partial charge >= 0.3 is 0 Å². The van der Waals surface area contributed by atoms with Gasteiger partial charge in [0.25, 0.3) is 5.91 Å². The Morgan fingerprint density at radius 2 is 2.27 bits per heavy atom. The van der Waals surface area contributed by atoms with Gasteiger partial charge in [0, 0.05) is 25.9 Å². The molecule has 0 saturated carbocycles. The number of piperidine rings is 1. The number of oxazole rings is 1. The van der Waals surface area contributed by atoms with E-state index in [9.17, 15) is 4.79 Å². The van der Waals surface area contributed by atoms with Gasteiger partial charge in [-0.1, -0.05) is 0 Å². The average molecular weight is 357 g/mol. The van der Waals surface area contributed by atoms with Crippen LogP contribution >= 0.6 is 0 Å². The fourth-order valence-electron chi connectivity index (χ4n) is 4.07. The second-order valence-corrected chi connectivity index (χ2v) is 6.89. The van der Waals surface area contributed by atoms with Gasteiger partial charge in [-0.15, -0.1) is 0 Å². The van der Waals surface area contributed by atoms with Gasteiger partial charge in [-0.05, 0) is 43.7 Å². The molecule has 2 aliphatic heterocycles. The zero-order valence-corrected chi connectivity index (χ0v) is 14.7. The first-order chi connectivity index (χ1) is 12.8. The number of aromatic nitrogens is 2. The van der Waals surface area contributed by atoms with E-state index in [1.807, 2.05) is 17.0 Å². The Labute approximate surface area is 152 Å². The van der Waals surface area contributed by atoms with Crippen molar-refractivity contribution in [1.82, 2.24) is 14.9 Å². The number of ether oxygens (including phenoxy) is 2. The predicted octanol–water partition coefficient (Wildman–Crippen LogP) is 2.55. The monoisotopic (exact) mass is 357 g/mol. The number of rotatable bonds is 5. The van der Waals surface area contributed by atoms with E-state index < -0.39 is 0 Å². The zero-order valence-electron chi connectivity index (χ0n) is 14.7. The van der Waals surface area contributed by atoms with Crippen molar-refractivity contribution in [3.05, 3.63) is 42.9 Å². The summed E-state index contributed by atoms with van der Waals surface area (Å²) >= 11 is 0. The number of carbonyl (C=O) groups excluding carboxylic acids is 1. The number of carbonyl (C=O) groups is 1. The van der Waals surface area contributed by atoms with Crippen molar-refractivity contribution in [3.63, 3.8) is 0 Å². The number of nitrogens with zero attached hydrogens (tertiary/aromatic N) is 3. The maximum absolute atomic E-state index is 12.4. The summed E-state index contributed by atoms with van der Waals surface area (Å²) in [7, 11) is 0. The van der Waals surface area contributed by atoms with Crippen molar-refractivity contribution < 1.29 is 18.7 Å². The van der Waals surface area contributed by atoms with Gasteiger partial charge in [0.2, 0.25) is 0 Å². The van der Waals surface area contributed by atoms with Gasteiger partial charge in [-0.3, -0.25) is 9.78 Å². The Morgan fingerprint density at radius 1 is 1.38 bits per heavy atom. The Bertz CT molecular complexity index is 712. The van der Waals surface area contributed by atoms with Crippen LogP contribution in [0.2, 0.25) is 0 Å². The molecule has 4 heterocycles. The lowest BCUT2D eigenvalue weighted by Gasteiger charge is -2.42. The quantitative estimate of drug-likeness (QED) is 0.818. The lowest BCUT2D eigenvalue weighted by molar-refractivity contribution is -0.0649. The van der Waals surface area contributed by atoms with Crippen LogP contribution in [0.5, 0.6) is 5.75 Å². The topological polar surface area (TPSA) is 77.7 Å². The molecule has 0 bridgehead atoms. The minimum Gasteiger partial charge on any atom is -0.492 e. The van der Waals surface area contributed by atoms with Crippen LogP contribution < -0.4 is 4.74 Å². The number of hydrogen-bond acceptors (Lipinski definition) is 6. The number of likely N-dealkylation sites (tertiary alicyclic amines) is 1. The SMILES string of the molecule is O=C(c1cocn1)N1CCC2(CC1)OCC[C@@H]2CCOc1cccnc1. The summed E-state index contributed by atoms with van der Waals surface area (Å²) in [6, 6.07) is 3.79. The summed E-state index contributed by atoms with van der Waals surface area (Å²) in [5.41, 5.74) is 0.244. The summed E-state index contributed by atoms with van der Waals surface area (Å²) in [4.78, 5) is 22.3. The number of amides is 1. The van der Waals surface area contributed by atoms with Crippen LogP contribution in [0.4, 0.5) is 0 Å². The van der Waals surface area contributed by atoms with Gasteiger partial charge in [0.1, 0.15) is 12.0 Å². The van der Waals surface area contributed by atoms with Crippen molar-refractivity contribution in [2.45, 2.75) is 31.3 Å². The molecule has 4 rings (SSSR count). The Morgan fingerprint density at radius 3 is 3.00 bits per heavy atom. The standard InChI is InChI=1S/C19H23N3O4/c23-18(17-13-24-14-21-17)22-8-5-19(6-9-22)15(4-11-26-19)3-10-25-16-2-1-7-20-12-16/h1-2,7,12-15H,3-6,8-11H2/t15-/m0/s1. The molecule has 2 fully saturated rings. The molecule has 2 aliphatic rings. The van der Waals surface area contributed by atoms with E-state index in [1.165, 1.54) is 12.7 Å². The molecule has 1 amide bonds. The molecule has 2 aromatic rings. The van der Waals surface area contributed by atoms with Crippen molar-refractivity contribution in [2.24, 2.45) is 5.92 Å². The van der Waals surface area contributed by atoms with E-state index in [4.69, 9.17) is 13.9 Å². The molecule has 0 N–H and O–H groups in total. The highest BCUT2D eigenvalue weighted by Gasteiger charge is 2.46. The van der Waals surface area contributed by atoms with Crippen LogP contribution in [0.3, 0.4) is 0 Å². The van der Waals surface area contributed by atoms with E-state index in [2.05, 4.69) is 9.97 Å². The summed E-state index contributed by atoms with van der Waals surface area (Å²) in [5, 5.41) is 0. The van der Waals surface area contributed by atoms with Gasteiger partial charge < -0.3 is 18.8 Å². The van der Waals surface area contributed by atoms with Crippen LogP contribution in [-0.4, -0.2) is 52.7 Å². The van der Waals surface area contributed by atoms with Crippen LogP contribution in [0.15, 0.2) is 41.6 Å². The van der Waals surface area contributed by atoms with E-state index in [0.29, 0.717) is 31.3 Å². The van der Waals surface area contributed by atoms with E-state index in [-0.39, 0.29) is 11.5 Å². The largest absolute Gasteiger partial charge is 0.492 e. The zero-order chi connectivity index (χ0) is 17.8. The maximum atomic E-state index is 12.4. The van der Waals surface area contributed by atoms with E-state index in [0.717, 1.165) is 38.0 Å². The number of pyridine rings is 1. The molecular weight excluding hydrogens is 334 g/mol. The van der Waals surface area contributed by atoms with E-state index in [1.54, 1.807) is 12.4 Å². The van der Waals surface area contributed by atoms with Gasteiger partial charge in [0.05, 0.1) is 18.4 Å². The third-order valence-electron chi connectivity index (χ3n) is 5.52. The molecular formula is C19H23N3O4. The minimum atomic E-state index is -0.126. The van der Waals surface area contributed by atoms with Crippen LogP contribution in [0.25, 0.3) is 0 Å². The lowest BCUT2D eigenvalue weighted by Crippen LogP contribution is -2.49. The van der Waals surface area contributed by atoms with Crippen molar-refractivity contribution in [2.75, 3.05) is 26.3 Å². The van der Waals surface area contributed by atoms with E-state index >= 15 is 0 Å². The Kier molecular flexibility index (Phi) is 4.88. The highest BCUT2D eigenvalue weighted by molar-refractivity contribution is 5.91. The fraction of sp³-hybridized carbons (Fsp3) is 0.526. The molecule has 138 valence electrons. The van der Waals surface area contributed by atoms with Crippen molar-refractivity contribution >= 4 is 5.91 Å². The average Bonchev–Trinajstić information content (AvgIpc) is 3.34. The van der Waals surface area contributed by atoms with Crippen molar-refractivity contribution in [1.29, 1.82) is 0 Å². The summed E-state index contributed by atoms with van der Waals surface area (Å²) in [6.45, 7) is 2.81. The molecule has 2 saturated heterocycles. The van der Waals surface area contributed by atoms with Gasteiger partial charge in [0.15, 0.2) is 12.1 Å². The molecule has 0 aromatic carbocycles. The molecule has 7 heteroatoms. The highest BCUT2D eigenvalue weighted by atomic mass is 16.5. The third-order valence-corrected chi connectivity index (χ3v) is 5.52. The molecule has 1 atom stereocenters. The normalized spacial score (nSPS) is 21.8. The molecule has 2 aromatic heterocycles. The lowest BCUT2D eigenvalue weighted by atomic mass is 9.78. The molecule has 7 nitrogen and oxygen atoms in total. The first-order valence-electron chi connectivity index (χ1n) is 9.11. The first kappa shape index (κ1) is 17.0. The molecule has 1 spiro atoms. The van der Waals surface area contributed by atoms with Gasteiger partial charge in [-0.25, -0.2) is 4.98 Å². The predicted molar refractivity (Wildman–Crippen MR) is 92.8 cm³/mol. The smallest absolute Gasteiger partial charge is 0.275 e. The fourth-order valence-corrected chi connectivity index (χ4v) is 4.07. The first-order valence-corrected chi connectivity index (χ1v) is 9.11. The minimum absolute atomic E-state index is 0.0666. The Balaban J connectivity index is 1.31. The third kappa shape index (κ3) is 3.44. The van der Waals surface area contributed by atoms with Crippen LogP contribution in [0.1, 0.15) is 36.2 Å². The second-order valence-electron chi connectivity index (χ2n) is 6.89. The van der Waals surface area contributed by atoms with Crippen LogP contribution in [-0.2, 0) is 4.74 Å². The van der Waals surface area contributed by atoms with Crippen LogP contribution in [0, 0.1) is 5.92 Å². The highest BCUT2D eigenvalue weighted by Crippen LogP contribution is 2.42. The summed E-state index contributed by atoms with van der Waals surface area (Å²) in [6.07, 6.45) is 9.87. The summed E-state index contributed by atoms with van der Waals surface area (Å²) < 4.78 is 16.9. The van der Waals surface area contributed by atoms with Gasteiger partial charge in [-0.2, -0.15) is 0 Å². The number of hydrogen-bond donors (Lipinski definition) is 0. The Hall–Kier alpha value is -2.41. The van der Waals surface area contributed by atoms with Crippen molar-refractivity contribution in [3.8, 4) is 5.75 Å². The molecule has 26 heavy (non-hydrogen) atoms. The molecule has 0 aliphatic carbocycles. The summed E-state index contributed by atoms with van der Waals surface area (Å²) in [5.74, 6) is 1.19.